The maximum Gasteiger partial charge on any atom is 0.0107 e. The molecule has 15 heavy (non-hydrogen) atoms. The van der Waals surface area contributed by atoms with Gasteiger partial charge in [0, 0.05) is 25.2 Å². The predicted octanol–water partition coefficient (Wildman–Crippen LogP) is 2.64. The summed E-state index contributed by atoms with van der Waals surface area (Å²) in [6, 6.07) is 1.60. The highest BCUT2D eigenvalue weighted by molar-refractivity contribution is 4.82. The van der Waals surface area contributed by atoms with E-state index in [0.717, 1.165) is 12.6 Å². The minimum atomic E-state index is 0.698. The van der Waals surface area contributed by atoms with Crippen LogP contribution in [0.2, 0.25) is 0 Å². The van der Waals surface area contributed by atoms with E-state index in [0.29, 0.717) is 6.04 Å². The molecule has 0 saturated heterocycles. The molecule has 1 N–H and O–H groups in total. The molecule has 0 aromatic heterocycles. The van der Waals surface area contributed by atoms with Crippen molar-refractivity contribution in [1.29, 1.82) is 0 Å². The van der Waals surface area contributed by atoms with Gasteiger partial charge in [0.1, 0.15) is 0 Å². The second kappa shape index (κ2) is 7.24. The Morgan fingerprint density at radius 3 is 2.67 bits per heavy atom. The van der Waals surface area contributed by atoms with Gasteiger partial charge < -0.3 is 10.2 Å². The molecule has 0 aromatic carbocycles. The van der Waals surface area contributed by atoms with Gasteiger partial charge in [-0.15, -0.1) is 0 Å². The van der Waals surface area contributed by atoms with E-state index in [1.165, 1.54) is 45.1 Å². The summed E-state index contributed by atoms with van der Waals surface area (Å²) in [7, 11) is 2.25. The first-order valence-corrected chi connectivity index (χ1v) is 6.67. The van der Waals surface area contributed by atoms with Crippen LogP contribution >= 0.6 is 0 Å². The van der Waals surface area contributed by atoms with Crippen molar-refractivity contribution in [2.24, 2.45) is 0 Å². The zero-order chi connectivity index (χ0) is 11.1. The Kier molecular flexibility index (Phi) is 6.26. The molecule has 0 bridgehead atoms. The molecular formula is C13H28N2. The van der Waals surface area contributed by atoms with Crippen LogP contribution in [0.4, 0.5) is 0 Å². The Bertz CT molecular complexity index is 155. The van der Waals surface area contributed by atoms with Crippen LogP contribution in [0.5, 0.6) is 0 Å². The third-order valence-corrected chi connectivity index (χ3v) is 3.37. The van der Waals surface area contributed by atoms with Gasteiger partial charge in [-0.1, -0.05) is 26.2 Å². The van der Waals surface area contributed by atoms with Gasteiger partial charge in [0.25, 0.3) is 0 Å². The molecule has 1 aliphatic rings. The Hall–Kier alpha value is -0.0800. The summed E-state index contributed by atoms with van der Waals surface area (Å²) in [6.45, 7) is 6.94. The predicted molar refractivity (Wildman–Crippen MR) is 67.3 cm³/mol. The van der Waals surface area contributed by atoms with Gasteiger partial charge in [0.15, 0.2) is 0 Å². The summed E-state index contributed by atoms with van der Waals surface area (Å²) in [5.74, 6) is 0. The topological polar surface area (TPSA) is 15.3 Å². The van der Waals surface area contributed by atoms with Crippen molar-refractivity contribution < 1.29 is 0 Å². The van der Waals surface area contributed by atoms with Gasteiger partial charge >= 0.3 is 0 Å². The molecule has 0 aromatic rings. The van der Waals surface area contributed by atoms with Crippen molar-refractivity contribution in [3.8, 4) is 0 Å². The van der Waals surface area contributed by atoms with E-state index >= 15 is 0 Å². The van der Waals surface area contributed by atoms with Crippen molar-refractivity contribution in [2.75, 3.05) is 20.1 Å². The molecule has 90 valence electrons. The number of rotatable bonds is 9. The summed E-state index contributed by atoms with van der Waals surface area (Å²) in [6.07, 6.45) is 8.26. The van der Waals surface area contributed by atoms with Crippen LogP contribution in [0.3, 0.4) is 0 Å². The number of nitrogens with zero attached hydrogens (tertiary/aromatic N) is 1. The van der Waals surface area contributed by atoms with Crippen LogP contribution in [0.1, 0.15) is 52.4 Å². The molecule has 2 nitrogen and oxygen atoms in total. The molecule has 1 aliphatic carbocycles. The number of hydrogen-bond acceptors (Lipinski definition) is 2. The molecule has 1 unspecified atom stereocenters. The first-order valence-electron chi connectivity index (χ1n) is 6.67. The Morgan fingerprint density at radius 1 is 1.33 bits per heavy atom. The van der Waals surface area contributed by atoms with Crippen molar-refractivity contribution in [3.63, 3.8) is 0 Å². The molecule has 0 heterocycles. The van der Waals surface area contributed by atoms with E-state index in [1.807, 2.05) is 0 Å². The summed E-state index contributed by atoms with van der Waals surface area (Å²) in [4.78, 5) is 2.49. The van der Waals surface area contributed by atoms with Gasteiger partial charge in [0.05, 0.1) is 0 Å². The van der Waals surface area contributed by atoms with Crippen LogP contribution in [-0.4, -0.2) is 37.1 Å². The van der Waals surface area contributed by atoms with Crippen LogP contribution in [0.15, 0.2) is 0 Å². The normalized spacial score (nSPS) is 18.4. The number of hydrogen-bond donors (Lipinski definition) is 1. The van der Waals surface area contributed by atoms with E-state index in [1.54, 1.807) is 0 Å². The zero-order valence-corrected chi connectivity index (χ0v) is 10.8. The first kappa shape index (κ1) is 13.0. The minimum Gasteiger partial charge on any atom is -0.313 e. The standard InChI is InChI=1S/C13H28N2/c1-4-5-6-7-12(2)14-10-11-15(3)13-8-9-13/h12-14H,4-11H2,1-3H3. The van der Waals surface area contributed by atoms with Crippen molar-refractivity contribution in [1.82, 2.24) is 10.2 Å². The van der Waals surface area contributed by atoms with Crippen molar-refractivity contribution in [3.05, 3.63) is 0 Å². The Morgan fingerprint density at radius 2 is 2.07 bits per heavy atom. The highest BCUT2D eigenvalue weighted by atomic mass is 15.2. The van der Waals surface area contributed by atoms with E-state index in [9.17, 15) is 0 Å². The molecule has 0 radical (unpaired) electrons. The average Bonchev–Trinajstić information content (AvgIpc) is 3.01. The van der Waals surface area contributed by atoms with E-state index in [-0.39, 0.29) is 0 Å². The van der Waals surface area contributed by atoms with E-state index < -0.39 is 0 Å². The molecule has 0 spiro atoms. The molecule has 0 amide bonds. The van der Waals surface area contributed by atoms with E-state index in [4.69, 9.17) is 0 Å². The van der Waals surface area contributed by atoms with Crippen molar-refractivity contribution in [2.45, 2.75) is 64.5 Å². The van der Waals surface area contributed by atoms with E-state index in [2.05, 4.69) is 31.1 Å². The fourth-order valence-corrected chi connectivity index (χ4v) is 1.99. The third-order valence-electron chi connectivity index (χ3n) is 3.37. The molecule has 1 atom stereocenters. The van der Waals surface area contributed by atoms with Crippen LogP contribution in [-0.2, 0) is 0 Å². The largest absolute Gasteiger partial charge is 0.313 e. The summed E-state index contributed by atoms with van der Waals surface area (Å²) in [5, 5.41) is 3.61. The second-order valence-corrected chi connectivity index (χ2v) is 5.06. The Balaban J connectivity index is 1.89. The smallest absolute Gasteiger partial charge is 0.0107 e. The number of likely N-dealkylation sites (N-methyl/N-ethyl adjacent to an activating group) is 1. The quantitative estimate of drug-likeness (QED) is 0.591. The summed E-state index contributed by atoms with van der Waals surface area (Å²) >= 11 is 0. The molecular weight excluding hydrogens is 184 g/mol. The average molecular weight is 212 g/mol. The lowest BCUT2D eigenvalue weighted by atomic mass is 10.1. The van der Waals surface area contributed by atoms with Gasteiger partial charge in [0.2, 0.25) is 0 Å². The highest BCUT2D eigenvalue weighted by Gasteiger charge is 2.25. The second-order valence-electron chi connectivity index (χ2n) is 5.06. The van der Waals surface area contributed by atoms with Gasteiger partial charge in [-0.3, -0.25) is 0 Å². The Labute approximate surface area is 95.4 Å². The maximum atomic E-state index is 3.61. The number of nitrogens with one attached hydrogen (secondary N) is 1. The maximum absolute atomic E-state index is 3.61. The van der Waals surface area contributed by atoms with Gasteiger partial charge in [-0.2, -0.15) is 0 Å². The SMILES string of the molecule is CCCCCC(C)NCCN(C)C1CC1. The molecule has 1 fully saturated rings. The van der Waals surface area contributed by atoms with Crippen LogP contribution < -0.4 is 5.32 Å². The van der Waals surface area contributed by atoms with Crippen LogP contribution in [0, 0.1) is 0 Å². The monoisotopic (exact) mass is 212 g/mol. The van der Waals surface area contributed by atoms with Crippen molar-refractivity contribution >= 4 is 0 Å². The molecule has 0 aliphatic heterocycles. The lowest BCUT2D eigenvalue weighted by Gasteiger charge is -2.18. The fraction of sp³-hybridized carbons (Fsp3) is 1.00. The molecule has 1 saturated carbocycles. The highest BCUT2D eigenvalue weighted by Crippen LogP contribution is 2.24. The zero-order valence-electron chi connectivity index (χ0n) is 10.8. The van der Waals surface area contributed by atoms with Gasteiger partial charge in [-0.25, -0.2) is 0 Å². The summed E-state index contributed by atoms with van der Waals surface area (Å²) < 4.78 is 0. The summed E-state index contributed by atoms with van der Waals surface area (Å²) in [5.41, 5.74) is 0. The fourth-order valence-electron chi connectivity index (χ4n) is 1.99. The lowest BCUT2D eigenvalue weighted by Crippen LogP contribution is -2.35. The molecule has 2 heteroatoms. The van der Waals surface area contributed by atoms with Gasteiger partial charge in [-0.05, 0) is 33.2 Å². The molecule has 1 rings (SSSR count). The minimum absolute atomic E-state index is 0.698. The first-order chi connectivity index (χ1) is 7.24. The van der Waals surface area contributed by atoms with Crippen LogP contribution in [0.25, 0.3) is 0 Å². The number of unbranched alkanes of at least 4 members (excludes halogenated alkanes) is 2. The lowest BCUT2D eigenvalue weighted by molar-refractivity contribution is 0.313. The third kappa shape index (κ3) is 6.16.